The lowest BCUT2D eigenvalue weighted by atomic mass is 10.0. The first-order chi connectivity index (χ1) is 6.02. The molecular weight excluding hydrogens is 168 g/mol. The number of aliphatic hydroxyl groups excluding tert-OH is 2. The van der Waals surface area contributed by atoms with E-state index < -0.39 is 12.2 Å². The topological polar surface area (TPSA) is 60.7 Å². The van der Waals surface area contributed by atoms with Crippen LogP contribution >= 0.6 is 0 Å². The number of aromatic hydroxyl groups is 1. The van der Waals surface area contributed by atoms with Crippen LogP contribution in [0, 0.1) is 6.92 Å². The highest BCUT2D eigenvalue weighted by Gasteiger charge is 2.16. The van der Waals surface area contributed by atoms with E-state index in [0.29, 0.717) is 5.56 Å². The van der Waals surface area contributed by atoms with Gasteiger partial charge in [0.25, 0.3) is 0 Å². The highest BCUT2D eigenvalue weighted by molar-refractivity contribution is 5.37. The van der Waals surface area contributed by atoms with Crippen LogP contribution in [0.2, 0.25) is 0 Å². The van der Waals surface area contributed by atoms with Gasteiger partial charge in [-0.1, -0.05) is 11.6 Å². The Morgan fingerprint density at radius 1 is 1.23 bits per heavy atom. The lowest BCUT2D eigenvalue weighted by Gasteiger charge is -2.15. The minimum atomic E-state index is -1.03. The number of benzene rings is 1. The molecule has 1 rings (SSSR count). The molecular formula is C10H14O3. The zero-order valence-corrected chi connectivity index (χ0v) is 7.73. The van der Waals surface area contributed by atoms with Gasteiger partial charge in [0.2, 0.25) is 0 Å². The average molecular weight is 182 g/mol. The minimum Gasteiger partial charge on any atom is -0.508 e. The van der Waals surface area contributed by atoms with Crippen molar-refractivity contribution in [1.29, 1.82) is 0 Å². The van der Waals surface area contributed by atoms with Crippen molar-refractivity contribution in [1.82, 2.24) is 0 Å². The van der Waals surface area contributed by atoms with Gasteiger partial charge in [0.05, 0.1) is 6.10 Å². The van der Waals surface area contributed by atoms with E-state index in [1.165, 1.54) is 13.0 Å². The van der Waals surface area contributed by atoms with Crippen molar-refractivity contribution >= 4 is 0 Å². The Kier molecular flexibility index (Phi) is 2.90. The molecule has 2 atom stereocenters. The summed E-state index contributed by atoms with van der Waals surface area (Å²) in [5, 5.41) is 28.0. The molecule has 3 heteroatoms. The third-order valence-corrected chi connectivity index (χ3v) is 1.96. The van der Waals surface area contributed by atoms with Crippen molar-refractivity contribution in [2.75, 3.05) is 0 Å². The van der Waals surface area contributed by atoms with Gasteiger partial charge in [0.15, 0.2) is 0 Å². The van der Waals surface area contributed by atoms with E-state index in [-0.39, 0.29) is 5.75 Å². The maximum atomic E-state index is 9.49. The Balaban J connectivity index is 3.05. The lowest BCUT2D eigenvalue weighted by Crippen LogP contribution is -2.13. The minimum absolute atomic E-state index is 0.0130. The summed E-state index contributed by atoms with van der Waals surface area (Å²) in [6.45, 7) is 3.34. The molecule has 0 heterocycles. The van der Waals surface area contributed by atoms with Crippen LogP contribution < -0.4 is 0 Å². The van der Waals surface area contributed by atoms with Crippen molar-refractivity contribution in [3.63, 3.8) is 0 Å². The van der Waals surface area contributed by atoms with Gasteiger partial charge in [0, 0.05) is 5.56 Å². The number of rotatable bonds is 2. The molecule has 0 aliphatic carbocycles. The average Bonchev–Trinajstić information content (AvgIpc) is 2.08. The molecule has 0 fully saturated rings. The second-order valence-electron chi connectivity index (χ2n) is 3.25. The smallest absolute Gasteiger partial charge is 0.121 e. The van der Waals surface area contributed by atoms with Gasteiger partial charge in [-0.05, 0) is 26.0 Å². The maximum absolute atomic E-state index is 9.49. The van der Waals surface area contributed by atoms with E-state index >= 15 is 0 Å². The molecule has 0 aliphatic heterocycles. The van der Waals surface area contributed by atoms with Crippen LogP contribution in [0.15, 0.2) is 18.2 Å². The predicted octanol–water partition coefficient (Wildman–Crippen LogP) is 1.11. The Hall–Kier alpha value is -1.06. The summed E-state index contributed by atoms with van der Waals surface area (Å²) in [6, 6.07) is 4.91. The fraction of sp³-hybridized carbons (Fsp3) is 0.400. The molecule has 0 saturated heterocycles. The van der Waals surface area contributed by atoms with E-state index in [1.54, 1.807) is 12.1 Å². The fourth-order valence-corrected chi connectivity index (χ4v) is 1.17. The van der Waals surface area contributed by atoms with E-state index in [2.05, 4.69) is 0 Å². The molecule has 1 aromatic carbocycles. The lowest BCUT2D eigenvalue weighted by molar-refractivity contribution is 0.0290. The van der Waals surface area contributed by atoms with Crippen molar-refractivity contribution in [3.05, 3.63) is 29.3 Å². The number of hydrogen-bond donors (Lipinski definition) is 3. The van der Waals surface area contributed by atoms with Gasteiger partial charge in [-0.15, -0.1) is 0 Å². The summed E-state index contributed by atoms with van der Waals surface area (Å²) in [4.78, 5) is 0. The number of aliphatic hydroxyl groups is 2. The summed E-state index contributed by atoms with van der Waals surface area (Å²) >= 11 is 0. The van der Waals surface area contributed by atoms with Gasteiger partial charge in [0.1, 0.15) is 11.9 Å². The second-order valence-corrected chi connectivity index (χ2v) is 3.25. The molecule has 0 aliphatic rings. The first kappa shape index (κ1) is 10.0. The van der Waals surface area contributed by atoms with Crippen LogP contribution in [0.25, 0.3) is 0 Å². The molecule has 0 saturated carbocycles. The summed E-state index contributed by atoms with van der Waals surface area (Å²) in [7, 11) is 0. The van der Waals surface area contributed by atoms with Gasteiger partial charge >= 0.3 is 0 Å². The fourth-order valence-electron chi connectivity index (χ4n) is 1.17. The summed E-state index contributed by atoms with van der Waals surface area (Å²) in [6.07, 6.45) is -1.91. The first-order valence-electron chi connectivity index (χ1n) is 4.18. The van der Waals surface area contributed by atoms with Crippen molar-refractivity contribution in [2.45, 2.75) is 26.1 Å². The molecule has 0 aromatic heterocycles. The normalized spacial score (nSPS) is 15.4. The van der Waals surface area contributed by atoms with E-state index in [9.17, 15) is 10.2 Å². The zero-order chi connectivity index (χ0) is 10.0. The summed E-state index contributed by atoms with van der Waals surface area (Å²) in [5.41, 5.74) is 1.31. The first-order valence-corrected chi connectivity index (χ1v) is 4.18. The highest BCUT2D eigenvalue weighted by Crippen LogP contribution is 2.26. The predicted molar refractivity (Wildman–Crippen MR) is 49.5 cm³/mol. The molecule has 0 bridgehead atoms. The van der Waals surface area contributed by atoms with Crippen LogP contribution in [0.5, 0.6) is 5.75 Å². The van der Waals surface area contributed by atoms with Crippen molar-refractivity contribution in [2.24, 2.45) is 0 Å². The van der Waals surface area contributed by atoms with Gasteiger partial charge in [-0.2, -0.15) is 0 Å². The highest BCUT2D eigenvalue weighted by atomic mass is 16.3. The molecule has 3 nitrogen and oxygen atoms in total. The second kappa shape index (κ2) is 3.77. The number of aryl methyl sites for hydroxylation is 1. The monoisotopic (exact) mass is 182 g/mol. The maximum Gasteiger partial charge on any atom is 0.121 e. The number of phenols is 1. The number of phenolic OH excluding ortho intramolecular Hbond substituents is 1. The standard InChI is InChI=1S/C10H14O3/c1-6-3-4-9(12)8(5-6)10(13)7(2)11/h3-5,7,10-13H,1-2H3. The van der Waals surface area contributed by atoms with E-state index in [1.807, 2.05) is 6.92 Å². The Bertz CT molecular complexity index is 294. The largest absolute Gasteiger partial charge is 0.508 e. The third kappa shape index (κ3) is 2.20. The molecule has 13 heavy (non-hydrogen) atoms. The Morgan fingerprint density at radius 3 is 2.38 bits per heavy atom. The third-order valence-electron chi connectivity index (χ3n) is 1.96. The molecule has 0 amide bonds. The van der Waals surface area contributed by atoms with Gasteiger partial charge in [-0.25, -0.2) is 0 Å². The zero-order valence-electron chi connectivity index (χ0n) is 7.73. The van der Waals surface area contributed by atoms with Gasteiger partial charge < -0.3 is 15.3 Å². The van der Waals surface area contributed by atoms with Crippen LogP contribution in [0.1, 0.15) is 24.2 Å². The Morgan fingerprint density at radius 2 is 1.85 bits per heavy atom. The molecule has 72 valence electrons. The van der Waals surface area contributed by atoms with Crippen LogP contribution in [0.4, 0.5) is 0 Å². The quantitative estimate of drug-likeness (QED) is 0.642. The summed E-state index contributed by atoms with van der Waals surface area (Å²) in [5.74, 6) is 0.0130. The SMILES string of the molecule is Cc1ccc(O)c(C(O)C(C)O)c1. The number of hydrogen-bond acceptors (Lipinski definition) is 3. The van der Waals surface area contributed by atoms with Crippen LogP contribution in [-0.4, -0.2) is 21.4 Å². The van der Waals surface area contributed by atoms with Crippen LogP contribution in [0.3, 0.4) is 0 Å². The van der Waals surface area contributed by atoms with Crippen molar-refractivity contribution in [3.8, 4) is 5.75 Å². The van der Waals surface area contributed by atoms with Gasteiger partial charge in [-0.3, -0.25) is 0 Å². The summed E-state index contributed by atoms with van der Waals surface area (Å²) < 4.78 is 0. The van der Waals surface area contributed by atoms with Crippen LogP contribution in [-0.2, 0) is 0 Å². The Labute approximate surface area is 77.3 Å². The van der Waals surface area contributed by atoms with Crippen molar-refractivity contribution < 1.29 is 15.3 Å². The molecule has 1 aromatic rings. The molecule has 0 spiro atoms. The van der Waals surface area contributed by atoms with E-state index in [0.717, 1.165) is 5.56 Å². The molecule has 2 unspecified atom stereocenters. The molecule has 0 radical (unpaired) electrons. The van der Waals surface area contributed by atoms with E-state index in [4.69, 9.17) is 5.11 Å². The molecule has 3 N–H and O–H groups in total.